The van der Waals surface area contributed by atoms with Crippen molar-refractivity contribution in [3.8, 4) is 0 Å². The molecule has 1 N–H and O–H groups in total. The van der Waals surface area contributed by atoms with Crippen molar-refractivity contribution in [3.05, 3.63) is 29.8 Å². The van der Waals surface area contributed by atoms with E-state index in [4.69, 9.17) is 4.74 Å². The summed E-state index contributed by atoms with van der Waals surface area (Å²) in [6.07, 6.45) is 1.76. The third-order valence-corrected chi connectivity index (χ3v) is 6.13. The van der Waals surface area contributed by atoms with Gasteiger partial charge in [0.15, 0.2) is 0 Å². The molecule has 8 heteroatoms. The molecule has 2 saturated heterocycles. The Morgan fingerprint density at radius 2 is 2.04 bits per heavy atom. The van der Waals surface area contributed by atoms with E-state index >= 15 is 0 Å². The van der Waals surface area contributed by atoms with Gasteiger partial charge in [0, 0.05) is 44.9 Å². The number of likely N-dealkylation sites (N-methyl/N-ethyl adjacent to an activating group) is 1. The molecule has 1 atom stereocenters. The van der Waals surface area contributed by atoms with Gasteiger partial charge >= 0.3 is 0 Å². The van der Waals surface area contributed by atoms with E-state index in [0.717, 1.165) is 25.9 Å². The quantitative estimate of drug-likeness (QED) is 0.821. The van der Waals surface area contributed by atoms with E-state index in [-0.39, 0.29) is 23.5 Å². The highest BCUT2D eigenvalue weighted by atomic mass is 32.2. The molecule has 7 nitrogen and oxygen atoms in total. The molecule has 3 rings (SSSR count). The summed E-state index contributed by atoms with van der Waals surface area (Å²) in [6, 6.07) is 6.25. The lowest BCUT2D eigenvalue weighted by atomic mass is 10.2. The van der Waals surface area contributed by atoms with Crippen molar-refractivity contribution in [1.82, 2.24) is 14.5 Å². The lowest BCUT2D eigenvalue weighted by molar-refractivity contribution is 0.0664. The molecule has 0 spiro atoms. The zero-order chi connectivity index (χ0) is 17.9. The standard InChI is InChI=1S/C17H25N3O4S/c1-19-7-9-20(10-8-19)17(21)14-4-2-6-16(12-14)25(22,23)18-13-15-5-3-11-24-15/h2,4,6,12,15,18H,3,5,7-11,13H2,1H3. The van der Waals surface area contributed by atoms with Crippen molar-refractivity contribution in [2.45, 2.75) is 23.8 Å². The Bertz CT molecular complexity index is 708. The van der Waals surface area contributed by atoms with Gasteiger partial charge in [-0.25, -0.2) is 13.1 Å². The van der Waals surface area contributed by atoms with Crippen molar-refractivity contribution in [3.63, 3.8) is 0 Å². The van der Waals surface area contributed by atoms with Crippen LogP contribution in [0.25, 0.3) is 0 Å². The first-order valence-corrected chi connectivity index (χ1v) is 10.1. The molecule has 138 valence electrons. The number of amides is 1. The Balaban J connectivity index is 1.68. The SMILES string of the molecule is CN1CCN(C(=O)c2cccc(S(=O)(=O)NCC3CCCO3)c2)CC1. The third-order valence-electron chi connectivity index (χ3n) is 4.71. The number of ether oxygens (including phenoxy) is 1. The van der Waals surface area contributed by atoms with E-state index in [2.05, 4.69) is 9.62 Å². The minimum absolute atomic E-state index is 0.0649. The maximum atomic E-state index is 12.6. The summed E-state index contributed by atoms with van der Waals surface area (Å²) in [5, 5.41) is 0. The molecule has 0 bridgehead atoms. The van der Waals surface area contributed by atoms with Crippen LogP contribution in [0.3, 0.4) is 0 Å². The van der Waals surface area contributed by atoms with Crippen LogP contribution < -0.4 is 4.72 Å². The molecule has 2 aliphatic rings. The highest BCUT2D eigenvalue weighted by Crippen LogP contribution is 2.16. The molecule has 2 heterocycles. The molecule has 1 unspecified atom stereocenters. The zero-order valence-corrected chi connectivity index (χ0v) is 15.3. The molecular weight excluding hydrogens is 342 g/mol. The van der Waals surface area contributed by atoms with Gasteiger partial charge in [0.2, 0.25) is 10.0 Å². The largest absolute Gasteiger partial charge is 0.377 e. The van der Waals surface area contributed by atoms with Crippen molar-refractivity contribution in [2.75, 3.05) is 46.4 Å². The molecule has 1 aromatic carbocycles. The lowest BCUT2D eigenvalue weighted by Gasteiger charge is -2.32. The number of benzene rings is 1. The van der Waals surface area contributed by atoms with E-state index in [9.17, 15) is 13.2 Å². The summed E-state index contributed by atoms with van der Waals surface area (Å²) in [5.74, 6) is -0.121. The topological polar surface area (TPSA) is 79.0 Å². The third kappa shape index (κ3) is 4.58. The molecule has 0 radical (unpaired) electrons. The van der Waals surface area contributed by atoms with Gasteiger partial charge < -0.3 is 14.5 Å². The summed E-state index contributed by atoms with van der Waals surface area (Å²) >= 11 is 0. The number of sulfonamides is 1. The molecule has 2 aliphatic heterocycles. The number of rotatable bonds is 5. The second-order valence-electron chi connectivity index (χ2n) is 6.61. The Labute approximate surface area is 149 Å². The number of nitrogens with one attached hydrogen (secondary N) is 1. The molecule has 0 saturated carbocycles. The van der Waals surface area contributed by atoms with Crippen molar-refractivity contribution >= 4 is 15.9 Å². The monoisotopic (exact) mass is 367 g/mol. The molecule has 1 aromatic rings. The number of hydrogen-bond acceptors (Lipinski definition) is 5. The van der Waals surface area contributed by atoms with Gasteiger partial charge in [-0.3, -0.25) is 4.79 Å². The molecule has 1 amide bonds. The molecule has 25 heavy (non-hydrogen) atoms. The number of piperazine rings is 1. The van der Waals surface area contributed by atoms with Gasteiger partial charge in [0.05, 0.1) is 11.0 Å². The fourth-order valence-corrected chi connectivity index (χ4v) is 4.19. The molecular formula is C17H25N3O4S. The maximum absolute atomic E-state index is 12.6. The van der Waals surface area contributed by atoms with Crippen LogP contribution >= 0.6 is 0 Å². The van der Waals surface area contributed by atoms with Gasteiger partial charge in [-0.2, -0.15) is 0 Å². The van der Waals surface area contributed by atoms with Gasteiger partial charge in [-0.05, 0) is 38.1 Å². The minimum Gasteiger partial charge on any atom is -0.377 e. The van der Waals surface area contributed by atoms with Crippen molar-refractivity contribution < 1.29 is 17.9 Å². The Morgan fingerprint density at radius 1 is 1.28 bits per heavy atom. The van der Waals surface area contributed by atoms with Gasteiger partial charge in [-0.1, -0.05) is 6.07 Å². The first-order chi connectivity index (χ1) is 12.0. The predicted molar refractivity (Wildman–Crippen MR) is 94.0 cm³/mol. The lowest BCUT2D eigenvalue weighted by Crippen LogP contribution is -2.47. The first kappa shape index (κ1) is 18.3. The van der Waals surface area contributed by atoms with Crippen LogP contribution in [0.2, 0.25) is 0 Å². The summed E-state index contributed by atoms with van der Waals surface area (Å²) in [4.78, 5) is 16.7. The summed E-state index contributed by atoms with van der Waals surface area (Å²) < 4.78 is 33.0. The van der Waals surface area contributed by atoms with Crippen LogP contribution in [0.1, 0.15) is 23.2 Å². The van der Waals surface area contributed by atoms with Crippen molar-refractivity contribution in [1.29, 1.82) is 0 Å². The summed E-state index contributed by atoms with van der Waals surface area (Å²) in [5.41, 5.74) is 0.407. The van der Waals surface area contributed by atoms with Gasteiger partial charge in [0.1, 0.15) is 0 Å². The average molecular weight is 367 g/mol. The molecule has 0 aromatic heterocycles. The first-order valence-electron chi connectivity index (χ1n) is 8.65. The van der Waals surface area contributed by atoms with Crippen LogP contribution in [-0.4, -0.2) is 76.6 Å². The van der Waals surface area contributed by atoms with Crippen LogP contribution in [0, 0.1) is 0 Å². The number of hydrogen-bond donors (Lipinski definition) is 1. The van der Waals surface area contributed by atoms with E-state index in [1.54, 1.807) is 17.0 Å². The van der Waals surface area contributed by atoms with E-state index < -0.39 is 10.0 Å². The highest BCUT2D eigenvalue weighted by molar-refractivity contribution is 7.89. The highest BCUT2D eigenvalue weighted by Gasteiger charge is 2.23. The summed E-state index contributed by atoms with van der Waals surface area (Å²) in [6.45, 7) is 3.91. The number of nitrogens with zero attached hydrogens (tertiary/aromatic N) is 2. The second kappa shape index (κ2) is 7.82. The van der Waals surface area contributed by atoms with E-state index in [1.807, 2.05) is 7.05 Å². The fraction of sp³-hybridized carbons (Fsp3) is 0.588. The van der Waals surface area contributed by atoms with E-state index in [0.29, 0.717) is 25.3 Å². The molecule has 0 aliphatic carbocycles. The van der Waals surface area contributed by atoms with Crippen LogP contribution in [0.5, 0.6) is 0 Å². The van der Waals surface area contributed by atoms with Crippen LogP contribution in [0.4, 0.5) is 0 Å². The second-order valence-corrected chi connectivity index (χ2v) is 8.38. The summed E-state index contributed by atoms with van der Waals surface area (Å²) in [7, 11) is -1.63. The molecule has 2 fully saturated rings. The van der Waals surface area contributed by atoms with Crippen LogP contribution in [0.15, 0.2) is 29.2 Å². The minimum atomic E-state index is -3.65. The van der Waals surface area contributed by atoms with Gasteiger partial charge in [-0.15, -0.1) is 0 Å². The maximum Gasteiger partial charge on any atom is 0.253 e. The number of carbonyl (C=O) groups excluding carboxylic acids is 1. The van der Waals surface area contributed by atoms with E-state index in [1.165, 1.54) is 12.1 Å². The normalized spacial score (nSPS) is 22.3. The van der Waals surface area contributed by atoms with Crippen LogP contribution in [-0.2, 0) is 14.8 Å². The van der Waals surface area contributed by atoms with Crippen molar-refractivity contribution in [2.24, 2.45) is 0 Å². The smallest absolute Gasteiger partial charge is 0.253 e. The Morgan fingerprint density at radius 3 is 2.72 bits per heavy atom. The average Bonchev–Trinajstić information content (AvgIpc) is 3.14. The number of carbonyl (C=O) groups is 1. The Hall–Kier alpha value is -1.48. The Kier molecular flexibility index (Phi) is 5.73. The fourth-order valence-electron chi connectivity index (χ4n) is 3.08. The predicted octanol–water partition coefficient (Wildman–Crippen LogP) is 0.532. The zero-order valence-electron chi connectivity index (χ0n) is 14.5. The van der Waals surface area contributed by atoms with Gasteiger partial charge in [0.25, 0.3) is 5.91 Å².